The summed E-state index contributed by atoms with van der Waals surface area (Å²) in [6.45, 7) is 1.99. The molecule has 138 valence electrons. The lowest BCUT2D eigenvalue weighted by Crippen LogP contribution is -2.22. The van der Waals surface area contributed by atoms with Crippen LogP contribution in [-0.4, -0.2) is 37.7 Å². The lowest BCUT2D eigenvalue weighted by molar-refractivity contribution is -0.110. The lowest BCUT2D eigenvalue weighted by atomic mass is 10.0. The highest BCUT2D eigenvalue weighted by atomic mass is 32.2. The molecule has 1 aliphatic rings. The number of benzene rings is 2. The Morgan fingerprint density at radius 2 is 1.81 bits per heavy atom. The molecule has 6 nitrogen and oxygen atoms in total. The average Bonchev–Trinajstić information content (AvgIpc) is 3.12. The quantitative estimate of drug-likeness (QED) is 0.684. The zero-order valence-electron chi connectivity index (χ0n) is 15.2. The molecule has 2 N–H and O–H groups in total. The summed E-state index contributed by atoms with van der Waals surface area (Å²) in [5.74, 6) is -0.248. The predicted octanol–water partition coefficient (Wildman–Crippen LogP) is 3.22. The number of aryl methyl sites for hydroxylation is 1. The third kappa shape index (κ3) is 2.75. The van der Waals surface area contributed by atoms with E-state index in [1.165, 1.54) is 20.2 Å². The van der Waals surface area contributed by atoms with E-state index in [1.807, 2.05) is 31.2 Å². The van der Waals surface area contributed by atoms with Crippen LogP contribution in [0.4, 0.5) is 5.69 Å². The Labute approximate surface area is 157 Å². The van der Waals surface area contributed by atoms with Gasteiger partial charge in [-0.15, -0.1) is 0 Å². The summed E-state index contributed by atoms with van der Waals surface area (Å²) < 4.78 is 26.0. The van der Waals surface area contributed by atoms with Gasteiger partial charge in [-0.05, 0) is 42.8 Å². The van der Waals surface area contributed by atoms with Crippen LogP contribution >= 0.6 is 0 Å². The molecular weight excluding hydrogens is 362 g/mol. The highest BCUT2D eigenvalue weighted by Gasteiger charge is 2.27. The topological polar surface area (TPSA) is 82.3 Å². The van der Waals surface area contributed by atoms with E-state index in [-0.39, 0.29) is 10.8 Å². The van der Waals surface area contributed by atoms with Crippen LogP contribution in [0.15, 0.2) is 47.4 Å². The Hall–Kier alpha value is -2.90. The van der Waals surface area contributed by atoms with Gasteiger partial charge in [-0.25, -0.2) is 12.7 Å². The first-order valence-electron chi connectivity index (χ1n) is 8.46. The number of para-hydroxylation sites is 1. The Bertz CT molecular complexity index is 1220. The van der Waals surface area contributed by atoms with Crippen molar-refractivity contribution in [3.05, 3.63) is 59.3 Å². The molecule has 2 aromatic carbocycles. The maximum Gasteiger partial charge on any atom is 0.256 e. The summed E-state index contributed by atoms with van der Waals surface area (Å²) in [7, 11) is -0.616. The first-order valence-corrected chi connectivity index (χ1v) is 9.90. The molecule has 0 saturated carbocycles. The number of anilines is 1. The van der Waals surface area contributed by atoms with Crippen LogP contribution < -0.4 is 5.32 Å². The van der Waals surface area contributed by atoms with Gasteiger partial charge in [0.2, 0.25) is 10.0 Å². The van der Waals surface area contributed by atoms with Crippen molar-refractivity contribution in [1.29, 1.82) is 0 Å². The van der Waals surface area contributed by atoms with Crippen LogP contribution in [0.5, 0.6) is 0 Å². The molecule has 1 amide bonds. The standard InChI is InChI=1S/C20H19N3O3S/c1-12-14-6-4-5-7-17(14)21-19(12)11-16-15-10-13(27(25,26)23(2)3)8-9-18(15)22-20(16)24/h4-11,21H,1-3H3,(H,22,24). The van der Waals surface area contributed by atoms with E-state index in [0.717, 1.165) is 26.5 Å². The number of nitrogens with one attached hydrogen (secondary N) is 2. The Morgan fingerprint density at radius 3 is 2.52 bits per heavy atom. The van der Waals surface area contributed by atoms with Crippen molar-refractivity contribution in [2.45, 2.75) is 11.8 Å². The van der Waals surface area contributed by atoms with Crippen molar-refractivity contribution in [2.75, 3.05) is 19.4 Å². The third-order valence-corrected chi connectivity index (χ3v) is 6.66. The molecule has 4 rings (SSSR count). The van der Waals surface area contributed by atoms with Gasteiger partial charge in [0.05, 0.1) is 10.5 Å². The SMILES string of the molecule is Cc1c(C=C2C(=O)Nc3ccc(S(=O)(=O)N(C)C)cc32)[nH]c2ccccc12. The fourth-order valence-corrected chi connectivity index (χ4v) is 4.20. The van der Waals surface area contributed by atoms with Crippen LogP contribution in [0.2, 0.25) is 0 Å². The van der Waals surface area contributed by atoms with E-state index in [1.54, 1.807) is 18.2 Å². The lowest BCUT2D eigenvalue weighted by Gasteiger charge is -2.12. The Kier molecular flexibility index (Phi) is 3.94. The third-order valence-electron chi connectivity index (χ3n) is 4.85. The zero-order valence-corrected chi connectivity index (χ0v) is 16.0. The van der Waals surface area contributed by atoms with Gasteiger partial charge in [0.1, 0.15) is 0 Å². The minimum Gasteiger partial charge on any atom is -0.355 e. The number of fused-ring (bicyclic) bond motifs is 2. The predicted molar refractivity (Wildman–Crippen MR) is 107 cm³/mol. The zero-order chi connectivity index (χ0) is 19.3. The fraction of sp³-hybridized carbons (Fsp3) is 0.150. The number of hydrogen-bond donors (Lipinski definition) is 2. The van der Waals surface area contributed by atoms with Crippen LogP contribution in [0.3, 0.4) is 0 Å². The summed E-state index contributed by atoms with van der Waals surface area (Å²) >= 11 is 0. The first kappa shape index (κ1) is 17.5. The summed E-state index contributed by atoms with van der Waals surface area (Å²) in [6.07, 6.45) is 1.78. The van der Waals surface area contributed by atoms with Crippen molar-refractivity contribution in [3.8, 4) is 0 Å². The monoisotopic (exact) mass is 381 g/mol. The summed E-state index contributed by atoms with van der Waals surface area (Å²) in [6, 6.07) is 12.6. The number of amides is 1. The molecule has 0 radical (unpaired) electrons. The van der Waals surface area contributed by atoms with Crippen LogP contribution in [0.25, 0.3) is 22.6 Å². The van der Waals surface area contributed by atoms with Crippen molar-refractivity contribution in [1.82, 2.24) is 9.29 Å². The first-order chi connectivity index (χ1) is 12.8. The van der Waals surface area contributed by atoms with E-state index in [2.05, 4.69) is 10.3 Å². The molecule has 2 heterocycles. The highest BCUT2D eigenvalue weighted by Crippen LogP contribution is 2.36. The molecule has 1 aliphatic heterocycles. The van der Waals surface area contributed by atoms with Gasteiger partial charge in [-0.1, -0.05) is 18.2 Å². The summed E-state index contributed by atoms with van der Waals surface area (Å²) in [5, 5.41) is 3.89. The Balaban J connectivity index is 1.87. The second kappa shape index (κ2) is 6.07. The number of rotatable bonds is 3. The minimum atomic E-state index is -3.58. The highest BCUT2D eigenvalue weighted by molar-refractivity contribution is 7.89. The number of sulfonamides is 1. The van der Waals surface area contributed by atoms with E-state index in [4.69, 9.17) is 0 Å². The van der Waals surface area contributed by atoms with Crippen LogP contribution in [0.1, 0.15) is 16.8 Å². The Morgan fingerprint density at radius 1 is 1.07 bits per heavy atom. The van der Waals surface area contributed by atoms with Gasteiger partial charge in [-0.2, -0.15) is 0 Å². The van der Waals surface area contributed by atoms with E-state index in [0.29, 0.717) is 16.8 Å². The van der Waals surface area contributed by atoms with Gasteiger partial charge >= 0.3 is 0 Å². The molecule has 0 atom stereocenters. The molecule has 0 spiro atoms. The molecular formula is C20H19N3O3S. The smallest absolute Gasteiger partial charge is 0.256 e. The second-order valence-electron chi connectivity index (χ2n) is 6.72. The number of aromatic amines is 1. The minimum absolute atomic E-state index is 0.155. The maximum absolute atomic E-state index is 12.5. The molecule has 0 aliphatic carbocycles. The van der Waals surface area contributed by atoms with Gasteiger partial charge in [0.25, 0.3) is 5.91 Å². The average molecular weight is 381 g/mol. The summed E-state index contributed by atoms with van der Waals surface area (Å²) in [4.78, 5) is 16.0. The second-order valence-corrected chi connectivity index (χ2v) is 8.87. The molecule has 3 aromatic rings. The van der Waals surface area contributed by atoms with Gasteiger partial charge in [0, 0.05) is 41.9 Å². The van der Waals surface area contributed by atoms with Crippen LogP contribution in [-0.2, 0) is 14.8 Å². The number of nitrogens with zero attached hydrogens (tertiary/aromatic N) is 1. The molecule has 27 heavy (non-hydrogen) atoms. The molecule has 0 saturated heterocycles. The number of aromatic nitrogens is 1. The number of H-pyrrole nitrogens is 1. The molecule has 0 fully saturated rings. The molecule has 7 heteroatoms. The largest absolute Gasteiger partial charge is 0.355 e. The molecule has 0 unspecified atom stereocenters. The molecule has 1 aromatic heterocycles. The maximum atomic E-state index is 12.5. The van der Waals surface area contributed by atoms with Crippen molar-refractivity contribution in [2.24, 2.45) is 0 Å². The van der Waals surface area contributed by atoms with Crippen molar-refractivity contribution < 1.29 is 13.2 Å². The van der Waals surface area contributed by atoms with Crippen LogP contribution in [0, 0.1) is 6.92 Å². The van der Waals surface area contributed by atoms with E-state index >= 15 is 0 Å². The van der Waals surface area contributed by atoms with Gasteiger partial charge in [0.15, 0.2) is 0 Å². The van der Waals surface area contributed by atoms with Crippen molar-refractivity contribution >= 4 is 44.2 Å². The van der Waals surface area contributed by atoms with Gasteiger partial charge < -0.3 is 10.3 Å². The van der Waals surface area contributed by atoms with Crippen molar-refractivity contribution in [3.63, 3.8) is 0 Å². The molecule has 0 bridgehead atoms. The number of carbonyl (C=O) groups excluding carboxylic acids is 1. The van der Waals surface area contributed by atoms with E-state index < -0.39 is 10.0 Å². The number of hydrogen-bond acceptors (Lipinski definition) is 3. The normalized spacial score (nSPS) is 15.6. The van der Waals surface area contributed by atoms with Gasteiger partial charge in [-0.3, -0.25) is 4.79 Å². The fourth-order valence-electron chi connectivity index (χ4n) is 3.27. The van der Waals surface area contributed by atoms with E-state index in [9.17, 15) is 13.2 Å². The summed E-state index contributed by atoms with van der Waals surface area (Å²) in [5.41, 5.74) is 4.49. The number of carbonyl (C=O) groups is 1.